The van der Waals surface area contributed by atoms with Crippen molar-refractivity contribution >= 4 is 41.4 Å². The minimum atomic E-state index is -1.05. The van der Waals surface area contributed by atoms with E-state index in [2.05, 4.69) is 4.99 Å². The maximum Gasteiger partial charge on any atom is 0.337 e. The van der Waals surface area contributed by atoms with E-state index in [0.717, 1.165) is 11.3 Å². The van der Waals surface area contributed by atoms with Gasteiger partial charge in [-0.05, 0) is 43.4 Å². The number of carboxylic acids is 1. The number of carbonyl (C=O) groups is 1. The Kier molecular flexibility index (Phi) is 4.78. The number of aryl methyl sites for hydroxylation is 1. The molecule has 25 heavy (non-hydrogen) atoms. The van der Waals surface area contributed by atoms with Gasteiger partial charge >= 0.3 is 5.97 Å². The Morgan fingerprint density at radius 3 is 2.56 bits per heavy atom. The number of aromatic carboxylic acids is 1. The third kappa shape index (κ3) is 3.52. The van der Waals surface area contributed by atoms with E-state index in [1.807, 2.05) is 31.2 Å². The highest BCUT2D eigenvalue weighted by atomic mass is 32.1. The maximum absolute atomic E-state index is 11.2. The number of rotatable bonds is 4. The van der Waals surface area contributed by atoms with Gasteiger partial charge in [0.2, 0.25) is 5.88 Å². The number of para-hydroxylation sites is 1. The molecule has 0 aliphatic carbocycles. The van der Waals surface area contributed by atoms with Crippen LogP contribution in [0.4, 0.5) is 5.69 Å². The van der Waals surface area contributed by atoms with Crippen LogP contribution in [-0.4, -0.2) is 27.0 Å². The first-order valence-corrected chi connectivity index (χ1v) is 8.58. The highest BCUT2D eigenvalue weighted by Crippen LogP contribution is 2.29. The lowest BCUT2D eigenvalue weighted by Crippen LogP contribution is -1.96. The first-order chi connectivity index (χ1) is 12.0. The van der Waals surface area contributed by atoms with Gasteiger partial charge in [-0.3, -0.25) is 9.56 Å². The fraction of sp³-hybridized carbons (Fsp3) is 0.0556. The fourth-order valence-electron chi connectivity index (χ4n) is 2.28. The number of hydrogen-bond donors (Lipinski definition) is 2. The highest BCUT2D eigenvalue weighted by Gasteiger charge is 2.13. The molecule has 0 radical (unpaired) electrons. The van der Waals surface area contributed by atoms with Crippen molar-refractivity contribution in [2.45, 2.75) is 6.92 Å². The molecule has 0 fully saturated rings. The van der Waals surface area contributed by atoms with Crippen LogP contribution < -0.4 is 0 Å². The van der Waals surface area contributed by atoms with Crippen LogP contribution in [0.2, 0.25) is 0 Å². The van der Waals surface area contributed by atoms with E-state index in [1.54, 1.807) is 22.8 Å². The molecule has 0 aliphatic rings. The van der Waals surface area contributed by atoms with Gasteiger partial charge in [-0.15, -0.1) is 0 Å². The van der Waals surface area contributed by atoms with E-state index in [4.69, 9.17) is 12.2 Å². The van der Waals surface area contributed by atoms with Crippen molar-refractivity contribution in [1.82, 2.24) is 4.57 Å². The van der Waals surface area contributed by atoms with Crippen LogP contribution >= 0.6 is 23.6 Å². The van der Waals surface area contributed by atoms with Crippen LogP contribution in [-0.2, 0) is 0 Å². The molecule has 2 N–H and O–H groups in total. The zero-order valence-corrected chi connectivity index (χ0v) is 14.8. The molecule has 1 heterocycles. The molecule has 5 nitrogen and oxygen atoms in total. The summed E-state index contributed by atoms with van der Waals surface area (Å²) in [6.07, 6.45) is 1.43. The molecule has 0 bridgehead atoms. The molecule has 0 amide bonds. The predicted octanol–water partition coefficient (Wildman–Crippen LogP) is 4.73. The van der Waals surface area contributed by atoms with Gasteiger partial charge < -0.3 is 10.2 Å². The lowest BCUT2D eigenvalue weighted by molar-refractivity contribution is 0.0698. The predicted molar refractivity (Wildman–Crippen MR) is 102 cm³/mol. The van der Waals surface area contributed by atoms with Gasteiger partial charge in [0.1, 0.15) is 4.88 Å². The fourth-order valence-corrected chi connectivity index (χ4v) is 3.50. The van der Waals surface area contributed by atoms with Gasteiger partial charge in [-0.2, -0.15) is 0 Å². The second kappa shape index (κ2) is 7.00. The maximum atomic E-state index is 11.2. The van der Waals surface area contributed by atoms with E-state index < -0.39 is 5.97 Å². The minimum absolute atomic E-state index is 0.0181. The van der Waals surface area contributed by atoms with Crippen molar-refractivity contribution in [3.8, 4) is 11.6 Å². The zero-order valence-electron chi connectivity index (χ0n) is 13.2. The number of hydrogen-bond acceptors (Lipinski definition) is 5. The molecule has 3 rings (SSSR count). The van der Waals surface area contributed by atoms with Crippen molar-refractivity contribution in [1.29, 1.82) is 0 Å². The van der Waals surface area contributed by atoms with Gasteiger partial charge in [-0.1, -0.05) is 41.2 Å². The summed E-state index contributed by atoms with van der Waals surface area (Å²) in [4.78, 5) is 15.9. The van der Waals surface area contributed by atoms with Crippen LogP contribution in [0.15, 0.2) is 53.5 Å². The SMILES string of the molecule is Cc1ccc(-n2c(O)c(C=Nc3ccccc3C(=O)O)sc2=S)cc1. The summed E-state index contributed by atoms with van der Waals surface area (Å²) in [6.45, 7) is 1.98. The number of aromatic nitrogens is 1. The Balaban J connectivity index is 2.00. The lowest BCUT2D eigenvalue weighted by atomic mass is 10.2. The summed E-state index contributed by atoms with van der Waals surface area (Å²) in [5, 5.41) is 19.7. The van der Waals surface area contributed by atoms with E-state index >= 15 is 0 Å². The summed E-state index contributed by atoms with van der Waals surface area (Å²) in [5.41, 5.74) is 2.28. The number of aliphatic imine (C=N–C) groups is 1. The largest absolute Gasteiger partial charge is 0.493 e. The first kappa shape index (κ1) is 17.1. The van der Waals surface area contributed by atoms with E-state index in [1.165, 1.54) is 23.6 Å². The molecule has 0 saturated carbocycles. The van der Waals surface area contributed by atoms with Crippen molar-refractivity contribution in [3.05, 3.63) is 68.5 Å². The Hall–Kier alpha value is -2.77. The second-order valence-electron chi connectivity index (χ2n) is 5.31. The summed E-state index contributed by atoms with van der Waals surface area (Å²) in [7, 11) is 0. The molecule has 7 heteroatoms. The van der Waals surface area contributed by atoms with Gasteiger partial charge in [0.05, 0.1) is 23.2 Å². The van der Waals surface area contributed by atoms with E-state index in [9.17, 15) is 15.0 Å². The van der Waals surface area contributed by atoms with Crippen LogP contribution in [0.5, 0.6) is 5.88 Å². The number of thiazole rings is 1. The second-order valence-corrected chi connectivity index (χ2v) is 6.98. The Bertz CT molecular complexity index is 1020. The Morgan fingerprint density at radius 2 is 1.88 bits per heavy atom. The number of carboxylic acid groups (broad SMARTS) is 1. The first-order valence-electron chi connectivity index (χ1n) is 7.35. The van der Waals surface area contributed by atoms with E-state index in [-0.39, 0.29) is 11.4 Å². The summed E-state index contributed by atoms with van der Waals surface area (Å²) >= 11 is 6.54. The molecule has 0 aliphatic heterocycles. The smallest absolute Gasteiger partial charge is 0.337 e. The molecular formula is C18H14N2O3S2. The molecule has 126 valence electrons. The van der Waals surface area contributed by atoms with Crippen LogP contribution in [0.25, 0.3) is 5.69 Å². The normalized spacial score (nSPS) is 11.1. The van der Waals surface area contributed by atoms with Crippen molar-refractivity contribution < 1.29 is 15.0 Å². The Labute approximate surface area is 153 Å². The molecule has 0 spiro atoms. The Morgan fingerprint density at radius 1 is 1.20 bits per heavy atom. The zero-order chi connectivity index (χ0) is 18.0. The number of aromatic hydroxyl groups is 1. The van der Waals surface area contributed by atoms with Crippen LogP contribution in [0.3, 0.4) is 0 Å². The van der Waals surface area contributed by atoms with Crippen molar-refractivity contribution in [2.24, 2.45) is 4.99 Å². The molecule has 3 aromatic rings. The van der Waals surface area contributed by atoms with E-state index in [0.29, 0.717) is 14.5 Å². The molecular weight excluding hydrogens is 356 g/mol. The average Bonchev–Trinajstić information content (AvgIpc) is 2.88. The standard InChI is InChI=1S/C18H14N2O3S2/c1-11-6-8-12(9-7-11)20-16(21)15(25-18(20)24)10-19-14-5-3-2-4-13(14)17(22)23/h2-10,21H,1H3,(H,22,23). The van der Waals surface area contributed by atoms with Gasteiger partial charge in [0, 0.05) is 0 Å². The molecule has 0 unspecified atom stereocenters. The summed E-state index contributed by atoms with van der Waals surface area (Å²) in [5.74, 6) is -1.07. The third-order valence-electron chi connectivity index (χ3n) is 3.56. The topological polar surface area (TPSA) is 74.8 Å². The van der Waals surface area contributed by atoms with Gasteiger partial charge in [-0.25, -0.2) is 4.79 Å². The average molecular weight is 370 g/mol. The van der Waals surface area contributed by atoms with Crippen molar-refractivity contribution in [3.63, 3.8) is 0 Å². The van der Waals surface area contributed by atoms with Crippen LogP contribution in [0, 0.1) is 10.9 Å². The number of benzene rings is 2. The highest BCUT2D eigenvalue weighted by molar-refractivity contribution is 7.73. The molecule has 1 aromatic heterocycles. The van der Waals surface area contributed by atoms with Gasteiger partial charge in [0.15, 0.2) is 3.95 Å². The quantitative estimate of drug-likeness (QED) is 0.514. The third-order valence-corrected chi connectivity index (χ3v) is 4.86. The molecule has 0 saturated heterocycles. The van der Waals surface area contributed by atoms with Gasteiger partial charge in [0.25, 0.3) is 0 Å². The summed E-state index contributed by atoms with van der Waals surface area (Å²) in [6, 6.07) is 14.0. The minimum Gasteiger partial charge on any atom is -0.493 e. The molecule has 2 aromatic carbocycles. The van der Waals surface area contributed by atoms with Crippen molar-refractivity contribution in [2.75, 3.05) is 0 Å². The monoisotopic (exact) mass is 370 g/mol. The lowest BCUT2D eigenvalue weighted by Gasteiger charge is -2.05. The molecule has 0 atom stereocenters. The van der Waals surface area contributed by atoms with Crippen LogP contribution in [0.1, 0.15) is 20.8 Å². The number of nitrogens with zero attached hydrogens (tertiary/aromatic N) is 2. The summed E-state index contributed by atoms with van der Waals surface area (Å²) < 4.78 is 2.04.